The molecule has 0 amide bonds. The maximum atomic E-state index is 12.9. The third-order valence-electron chi connectivity index (χ3n) is 5.02. The summed E-state index contributed by atoms with van der Waals surface area (Å²) >= 11 is 12.7. The molecular weight excluding hydrogens is 499 g/mol. The zero-order chi connectivity index (χ0) is 25.4. The number of aromatic nitrogens is 2. The zero-order valence-corrected chi connectivity index (χ0v) is 20.5. The SMILES string of the molecule is CCOC(=O)C1=CNC(COCCNc2ccnc(=O)[nH]2)=C(C(=O)OC)C1c1cccc(Cl)c1Cl. The Morgan fingerprint density at radius 1 is 1.20 bits per heavy atom. The van der Waals surface area contributed by atoms with Crippen LogP contribution < -0.4 is 16.3 Å². The van der Waals surface area contributed by atoms with Crippen molar-refractivity contribution in [2.45, 2.75) is 12.8 Å². The maximum absolute atomic E-state index is 12.9. The van der Waals surface area contributed by atoms with Gasteiger partial charge in [-0.05, 0) is 24.6 Å². The molecule has 10 nitrogen and oxygen atoms in total. The minimum Gasteiger partial charge on any atom is -0.466 e. The number of esters is 2. The lowest BCUT2D eigenvalue weighted by Gasteiger charge is -2.29. The summed E-state index contributed by atoms with van der Waals surface area (Å²) in [6.45, 7) is 2.44. The predicted molar refractivity (Wildman–Crippen MR) is 130 cm³/mol. The largest absolute Gasteiger partial charge is 0.466 e. The number of H-pyrrole nitrogens is 1. The van der Waals surface area contributed by atoms with Crippen molar-refractivity contribution in [2.75, 3.05) is 38.8 Å². The quantitative estimate of drug-likeness (QED) is 0.318. The van der Waals surface area contributed by atoms with Crippen molar-refractivity contribution < 1.29 is 23.8 Å². The molecule has 1 unspecified atom stereocenters. The van der Waals surface area contributed by atoms with E-state index in [4.69, 9.17) is 37.4 Å². The van der Waals surface area contributed by atoms with E-state index < -0.39 is 23.5 Å². The topological polar surface area (TPSA) is 132 Å². The van der Waals surface area contributed by atoms with Gasteiger partial charge in [0.25, 0.3) is 0 Å². The van der Waals surface area contributed by atoms with E-state index in [9.17, 15) is 14.4 Å². The number of carbonyl (C=O) groups is 2. The molecule has 3 N–H and O–H groups in total. The van der Waals surface area contributed by atoms with Crippen LogP contribution in [-0.2, 0) is 23.8 Å². The molecule has 0 fully saturated rings. The first-order valence-electron chi connectivity index (χ1n) is 10.6. The Labute approximate surface area is 211 Å². The van der Waals surface area contributed by atoms with Crippen molar-refractivity contribution in [1.29, 1.82) is 0 Å². The Bertz CT molecular complexity index is 1210. The molecule has 1 aromatic carbocycles. The molecule has 0 saturated heterocycles. The molecule has 2 heterocycles. The molecule has 186 valence electrons. The molecule has 12 heteroatoms. The minimum atomic E-state index is -0.896. The molecule has 1 atom stereocenters. The van der Waals surface area contributed by atoms with Crippen LogP contribution in [-0.4, -0.2) is 55.4 Å². The summed E-state index contributed by atoms with van der Waals surface area (Å²) in [7, 11) is 1.24. The summed E-state index contributed by atoms with van der Waals surface area (Å²) in [4.78, 5) is 43.0. The van der Waals surface area contributed by atoms with E-state index in [2.05, 4.69) is 20.6 Å². The van der Waals surface area contributed by atoms with Crippen LogP contribution in [0.2, 0.25) is 10.0 Å². The summed E-state index contributed by atoms with van der Waals surface area (Å²) in [5, 5.41) is 6.43. The average Bonchev–Trinajstić information content (AvgIpc) is 2.85. The highest BCUT2D eigenvalue weighted by Crippen LogP contribution is 2.42. The Morgan fingerprint density at radius 2 is 2.00 bits per heavy atom. The van der Waals surface area contributed by atoms with Crippen molar-refractivity contribution in [3.63, 3.8) is 0 Å². The van der Waals surface area contributed by atoms with E-state index in [1.807, 2.05) is 0 Å². The molecule has 2 aromatic rings. The van der Waals surface area contributed by atoms with E-state index in [0.717, 1.165) is 0 Å². The summed E-state index contributed by atoms with van der Waals surface area (Å²) in [5.74, 6) is -1.68. The molecule has 1 aliphatic heterocycles. The number of nitrogens with one attached hydrogen (secondary N) is 3. The Morgan fingerprint density at radius 3 is 2.71 bits per heavy atom. The van der Waals surface area contributed by atoms with E-state index >= 15 is 0 Å². The van der Waals surface area contributed by atoms with Crippen LogP contribution in [0.1, 0.15) is 18.4 Å². The number of benzene rings is 1. The fraction of sp³-hybridized carbons (Fsp3) is 0.304. The lowest BCUT2D eigenvalue weighted by atomic mass is 9.82. The van der Waals surface area contributed by atoms with Crippen LogP contribution in [0, 0.1) is 0 Å². The number of aromatic amines is 1. The second-order valence-electron chi connectivity index (χ2n) is 7.19. The summed E-state index contributed by atoms with van der Waals surface area (Å²) in [6.07, 6.45) is 2.85. The molecule has 0 radical (unpaired) electrons. The van der Waals surface area contributed by atoms with Gasteiger partial charge in [0.05, 0.1) is 59.7 Å². The Balaban J connectivity index is 1.86. The molecule has 0 spiro atoms. The number of ether oxygens (including phenoxy) is 3. The van der Waals surface area contributed by atoms with E-state index in [0.29, 0.717) is 23.6 Å². The van der Waals surface area contributed by atoms with Crippen molar-refractivity contribution in [3.05, 3.63) is 79.6 Å². The third-order valence-corrected chi connectivity index (χ3v) is 5.85. The van der Waals surface area contributed by atoms with Crippen LogP contribution in [0.15, 0.2) is 58.3 Å². The fourth-order valence-corrected chi connectivity index (χ4v) is 3.90. The maximum Gasteiger partial charge on any atom is 0.346 e. The molecule has 3 rings (SSSR count). The average molecular weight is 523 g/mol. The minimum absolute atomic E-state index is 0.000266. The van der Waals surface area contributed by atoms with Gasteiger partial charge in [-0.1, -0.05) is 35.3 Å². The van der Waals surface area contributed by atoms with Gasteiger partial charge in [0.2, 0.25) is 0 Å². The van der Waals surface area contributed by atoms with Crippen molar-refractivity contribution in [1.82, 2.24) is 15.3 Å². The molecule has 1 aromatic heterocycles. The Kier molecular flexibility index (Phi) is 9.30. The van der Waals surface area contributed by atoms with Crippen LogP contribution >= 0.6 is 23.2 Å². The first-order chi connectivity index (χ1) is 16.9. The van der Waals surface area contributed by atoms with E-state index in [-0.39, 0.29) is 41.0 Å². The number of carbonyl (C=O) groups excluding carboxylic acids is 2. The first-order valence-corrected chi connectivity index (χ1v) is 11.4. The van der Waals surface area contributed by atoms with Gasteiger partial charge in [-0.2, -0.15) is 0 Å². The lowest BCUT2D eigenvalue weighted by Crippen LogP contribution is -2.32. The fourth-order valence-electron chi connectivity index (χ4n) is 3.49. The summed E-state index contributed by atoms with van der Waals surface area (Å²) in [6, 6.07) is 6.58. The molecule has 35 heavy (non-hydrogen) atoms. The van der Waals surface area contributed by atoms with Gasteiger partial charge in [-0.15, -0.1) is 0 Å². The molecule has 0 bridgehead atoms. The van der Waals surface area contributed by atoms with E-state index in [1.54, 1.807) is 31.2 Å². The second-order valence-corrected chi connectivity index (χ2v) is 7.98. The highest BCUT2D eigenvalue weighted by molar-refractivity contribution is 6.42. The smallest absolute Gasteiger partial charge is 0.346 e. The number of nitrogens with zero attached hydrogens (tertiary/aromatic N) is 1. The summed E-state index contributed by atoms with van der Waals surface area (Å²) < 4.78 is 16.0. The van der Waals surface area contributed by atoms with Gasteiger partial charge in [0, 0.05) is 18.9 Å². The van der Waals surface area contributed by atoms with Crippen molar-refractivity contribution in [2.24, 2.45) is 0 Å². The monoisotopic (exact) mass is 522 g/mol. The van der Waals surface area contributed by atoms with Gasteiger partial charge < -0.3 is 24.8 Å². The Hall–Kier alpha value is -3.34. The lowest BCUT2D eigenvalue weighted by molar-refractivity contribution is -0.139. The predicted octanol–water partition coefficient (Wildman–Crippen LogP) is 2.77. The van der Waals surface area contributed by atoms with Gasteiger partial charge in [0.1, 0.15) is 5.82 Å². The van der Waals surface area contributed by atoms with Crippen LogP contribution in [0.3, 0.4) is 0 Å². The number of hydrogen-bond acceptors (Lipinski definition) is 9. The number of dihydropyridines is 1. The van der Waals surface area contributed by atoms with Crippen LogP contribution in [0.4, 0.5) is 5.82 Å². The van der Waals surface area contributed by atoms with Gasteiger partial charge in [-0.3, -0.25) is 4.98 Å². The van der Waals surface area contributed by atoms with Crippen LogP contribution in [0.5, 0.6) is 0 Å². The highest BCUT2D eigenvalue weighted by atomic mass is 35.5. The van der Waals surface area contributed by atoms with Gasteiger partial charge >= 0.3 is 17.6 Å². The number of methoxy groups -OCH3 is 1. The highest BCUT2D eigenvalue weighted by Gasteiger charge is 2.38. The zero-order valence-electron chi connectivity index (χ0n) is 19.0. The number of halogens is 2. The van der Waals surface area contributed by atoms with Gasteiger partial charge in [-0.25, -0.2) is 19.4 Å². The van der Waals surface area contributed by atoms with E-state index in [1.165, 1.54) is 19.5 Å². The number of rotatable bonds is 10. The van der Waals surface area contributed by atoms with Crippen LogP contribution in [0.25, 0.3) is 0 Å². The van der Waals surface area contributed by atoms with Crippen molar-refractivity contribution >= 4 is 41.0 Å². The normalized spacial score (nSPS) is 15.2. The summed E-state index contributed by atoms with van der Waals surface area (Å²) in [5.41, 5.74) is 0.687. The van der Waals surface area contributed by atoms with Gasteiger partial charge in [0.15, 0.2) is 0 Å². The first kappa shape index (κ1) is 26.3. The van der Waals surface area contributed by atoms with Crippen molar-refractivity contribution in [3.8, 4) is 0 Å². The molecule has 0 aliphatic carbocycles. The molecular formula is C23H24Cl2N4O6. The third kappa shape index (κ3) is 6.41. The molecule has 0 saturated carbocycles. The number of anilines is 1. The second kappa shape index (κ2) is 12.4. The molecule has 1 aliphatic rings. The number of hydrogen-bond donors (Lipinski definition) is 3. The standard InChI is InChI=1S/C23H24Cl2N4O6/c1-3-35-21(30)14-11-28-16(12-34-10-9-26-17-7-8-27-23(32)29-17)19(22(31)33-2)18(14)13-5-4-6-15(24)20(13)25/h4-8,11,18,28H,3,9-10,12H2,1-2H3,(H2,26,27,29,32).